The highest BCUT2D eigenvalue weighted by molar-refractivity contribution is 5.29. The molecule has 0 spiro atoms. The second-order valence-electron chi connectivity index (χ2n) is 2.59. The lowest BCUT2D eigenvalue weighted by Gasteiger charge is -1.97. The van der Waals surface area contributed by atoms with Crippen molar-refractivity contribution < 1.29 is 9.47 Å². The van der Waals surface area contributed by atoms with E-state index in [1.165, 1.54) is 5.57 Å². The molecule has 2 nitrogen and oxygen atoms in total. The third-order valence-corrected chi connectivity index (χ3v) is 1.71. The molecule has 0 radical (unpaired) electrons. The number of methoxy groups -OCH3 is 2. The van der Waals surface area contributed by atoms with Crippen LogP contribution >= 0.6 is 0 Å². The van der Waals surface area contributed by atoms with Crippen molar-refractivity contribution in [2.75, 3.05) is 20.8 Å². The van der Waals surface area contributed by atoms with Crippen LogP contribution in [0.3, 0.4) is 0 Å². The van der Waals surface area contributed by atoms with Gasteiger partial charge >= 0.3 is 0 Å². The number of ether oxygens (including phenoxy) is 2. The first-order valence-corrected chi connectivity index (χ1v) is 3.97. The van der Waals surface area contributed by atoms with Gasteiger partial charge in [-0.05, 0) is 24.1 Å². The fraction of sp³-hybridized carbons (Fsp3) is 0.400. The van der Waals surface area contributed by atoms with Crippen molar-refractivity contribution in [3.8, 4) is 0 Å². The van der Waals surface area contributed by atoms with E-state index in [-0.39, 0.29) is 0 Å². The van der Waals surface area contributed by atoms with E-state index in [9.17, 15) is 0 Å². The minimum atomic E-state index is 0.668. The Morgan fingerprint density at radius 2 is 2.08 bits per heavy atom. The highest BCUT2D eigenvalue weighted by Gasteiger charge is 1.97. The van der Waals surface area contributed by atoms with Gasteiger partial charge in [-0.15, -0.1) is 0 Å². The molecule has 1 aliphatic rings. The Morgan fingerprint density at radius 3 is 2.75 bits per heavy atom. The molecule has 0 N–H and O–H groups in total. The number of hydrogen-bond acceptors (Lipinski definition) is 2. The summed E-state index contributed by atoms with van der Waals surface area (Å²) in [5.74, 6) is 0.914. The lowest BCUT2D eigenvalue weighted by molar-refractivity contribution is 0.228. The first-order valence-electron chi connectivity index (χ1n) is 3.97. The van der Waals surface area contributed by atoms with Gasteiger partial charge in [0.15, 0.2) is 0 Å². The second-order valence-corrected chi connectivity index (χ2v) is 2.59. The van der Waals surface area contributed by atoms with Crippen LogP contribution in [0.4, 0.5) is 0 Å². The van der Waals surface area contributed by atoms with E-state index in [0.717, 1.165) is 12.2 Å². The largest absolute Gasteiger partial charge is 0.497 e. The third kappa shape index (κ3) is 2.55. The van der Waals surface area contributed by atoms with Crippen molar-refractivity contribution in [2.45, 2.75) is 6.42 Å². The monoisotopic (exact) mass is 166 g/mol. The summed E-state index contributed by atoms with van der Waals surface area (Å²) in [4.78, 5) is 0. The molecule has 0 saturated heterocycles. The zero-order valence-corrected chi connectivity index (χ0v) is 7.54. The van der Waals surface area contributed by atoms with Gasteiger partial charge in [-0.25, -0.2) is 0 Å². The van der Waals surface area contributed by atoms with Crippen molar-refractivity contribution in [1.82, 2.24) is 0 Å². The molecule has 0 aromatic rings. The smallest absolute Gasteiger partial charge is 0.115 e. The van der Waals surface area contributed by atoms with Crippen LogP contribution in [0.15, 0.2) is 35.6 Å². The topological polar surface area (TPSA) is 18.5 Å². The maximum Gasteiger partial charge on any atom is 0.115 e. The predicted molar refractivity (Wildman–Crippen MR) is 48.8 cm³/mol. The van der Waals surface area contributed by atoms with Crippen molar-refractivity contribution in [1.29, 1.82) is 0 Å². The molecule has 0 heterocycles. The van der Waals surface area contributed by atoms with Crippen LogP contribution in [0, 0.1) is 0 Å². The van der Waals surface area contributed by atoms with Crippen LogP contribution in [-0.2, 0) is 9.47 Å². The predicted octanol–water partition coefficient (Wildman–Crippen LogP) is 2.05. The molecule has 0 fully saturated rings. The van der Waals surface area contributed by atoms with Gasteiger partial charge in [0.2, 0.25) is 0 Å². The normalized spacial score (nSPS) is 16.5. The number of allylic oxidation sites excluding steroid dienone is 3. The molecule has 0 bridgehead atoms. The van der Waals surface area contributed by atoms with Gasteiger partial charge in [0.05, 0.1) is 13.7 Å². The molecule has 0 saturated carbocycles. The van der Waals surface area contributed by atoms with E-state index in [2.05, 4.69) is 6.08 Å². The average molecular weight is 166 g/mol. The Bertz CT molecular complexity index is 224. The molecule has 0 aliphatic heterocycles. The summed E-state index contributed by atoms with van der Waals surface area (Å²) in [5, 5.41) is 0. The van der Waals surface area contributed by atoms with Gasteiger partial charge in [-0.1, -0.05) is 12.2 Å². The molecule has 0 atom stereocenters. The molecule has 0 aromatic heterocycles. The van der Waals surface area contributed by atoms with Gasteiger partial charge in [-0.2, -0.15) is 0 Å². The van der Waals surface area contributed by atoms with Crippen LogP contribution in [-0.4, -0.2) is 20.8 Å². The van der Waals surface area contributed by atoms with E-state index in [1.54, 1.807) is 14.2 Å². The van der Waals surface area contributed by atoms with Crippen LogP contribution in [0.1, 0.15) is 6.42 Å². The lowest BCUT2D eigenvalue weighted by atomic mass is 10.2. The summed E-state index contributed by atoms with van der Waals surface area (Å²) in [5.41, 5.74) is 1.20. The standard InChI is InChI=1S/C10H14O2/c1-11-8-9-4-3-5-10(12-2)7-6-9/h4-7H,3,8H2,1-2H3. The quantitative estimate of drug-likeness (QED) is 0.638. The minimum Gasteiger partial charge on any atom is -0.497 e. The fourth-order valence-corrected chi connectivity index (χ4v) is 1.08. The summed E-state index contributed by atoms with van der Waals surface area (Å²) in [6.07, 6.45) is 9.06. The highest BCUT2D eigenvalue weighted by atomic mass is 16.5. The van der Waals surface area contributed by atoms with Gasteiger partial charge in [0.1, 0.15) is 5.76 Å². The van der Waals surface area contributed by atoms with Crippen LogP contribution in [0.5, 0.6) is 0 Å². The number of hydrogen-bond donors (Lipinski definition) is 0. The molecular weight excluding hydrogens is 152 g/mol. The van der Waals surface area contributed by atoms with Crippen LogP contribution in [0.2, 0.25) is 0 Å². The third-order valence-electron chi connectivity index (χ3n) is 1.71. The molecule has 1 aliphatic carbocycles. The average Bonchev–Trinajstić information content (AvgIpc) is 2.31. The summed E-state index contributed by atoms with van der Waals surface area (Å²) < 4.78 is 10.1. The molecule has 0 aromatic carbocycles. The Labute approximate surface area is 73.2 Å². The van der Waals surface area contributed by atoms with Gasteiger partial charge < -0.3 is 9.47 Å². The summed E-state index contributed by atoms with van der Waals surface area (Å²) in [7, 11) is 3.38. The molecule has 66 valence electrons. The Hall–Kier alpha value is -1.02. The maximum absolute atomic E-state index is 5.10. The zero-order valence-electron chi connectivity index (χ0n) is 7.54. The van der Waals surface area contributed by atoms with Crippen molar-refractivity contribution in [3.05, 3.63) is 35.6 Å². The van der Waals surface area contributed by atoms with E-state index >= 15 is 0 Å². The SMILES string of the molecule is COCC1=CCC=C(OC)C=C1. The Balaban J connectivity index is 2.58. The molecular formula is C10H14O2. The van der Waals surface area contributed by atoms with Crippen LogP contribution in [0.25, 0.3) is 0 Å². The Kier molecular flexibility index (Phi) is 3.61. The first-order chi connectivity index (χ1) is 5.86. The molecule has 2 heteroatoms. The van der Waals surface area contributed by atoms with E-state index in [4.69, 9.17) is 9.47 Å². The minimum absolute atomic E-state index is 0.668. The number of rotatable bonds is 3. The molecule has 0 amide bonds. The summed E-state index contributed by atoms with van der Waals surface area (Å²) in [6, 6.07) is 0. The van der Waals surface area contributed by atoms with E-state index in [0.29, 0.717) is 6.61 Å². The van der Waals surface area contributed by atoms with Crippen molar-refractivity contribution >= 4 is 0 Å². The first kappa shape index (κ1) is 9.07. The Morgan fingerprint density at radius 1 is 1.25 bits per heavy atom. The zero-order chi connectivity index (χ0) is 8.81. The fourth-order valence-electron chi connectivity index (χ4n) is 1.08. The van der Waals surface area contributed by atoms with Gasteiger partial charge in [0.25, 0.3) is 0 Å². The summed E-state index contributed by atoms with van der Waals surface area (Å²) in [6.45, 7) is 0.668. The van der Waals surface area contributed by atoms with Gasteiger partial charge in [0, 0.05) is 7.11 Å². The molecule has 0 unspecified atom stereocenters. The molecule has 12 heavy (non-hydrogen) atoms. The molecule has 1 rings (SSSR count). The van der Waals surface area contributed by atoms with Crippen LogP contribution < -0.4 is 0 Å². The lowest BCUT2D eigenvalue weighted by Crippen LogP contribution is -1.90. The second kappa shape index (κ2) is 4.78. The van der Waals surface area contributed by atoms with Gasteiger partial charge in [-0.3, -0.25) is 0 Å². The van der Waals surface area contributed by atoms with Crippen molar-refractivity contribution in [2.24, 2.45) is 0 Å². The highest BCUT2D eigenvalue weighted by Crippen LogP contribution is 2.10. The van der Waals surface area contributed by atoms with E-state index < -0.39 is 0 Å². The van der Waals surface area contributed by atoms with E-state index in [1.807, 2.05) is 18.2 Å². The summed E-state index contributed by atoms with van der Waals surface area (Å²) >= 11 is 0. The van der Waals surface area contributed by atoms with Crippen molar-refractivity contribution in [3.63, 3.8) is 0 Å². The maximum atomic E-state index is 5.10.